The average molecular weight is 468 g/mol. The summed E-state index contributed by atoms with van der Waals surface area (Å²) in [4.78, 5) is 23.4. The van der Waals surface area contributed by atoms with Gasteiger partial charge in [-0.15, -0.1) is 0 Å². The summed E-state index contributed by atoms with van der Waals surface area (Å²) < 4.78 is 17.0. The third-order valence-electron chi connectivity index (χ3n) is 6.96. The van der Waals surface area contributed by atoms with Gasteiger partial charge in [0.1, 0.15) is 0 Å². The van der Waals surface area contributed by atoms with Gasteiger partial charge in [-0.05, 0) is 81.1 Å². The van der Waals surface area contributed by atoms with E-state index >= 15 is 0 Å². The van der Waals surface area contributed by atoms with Crippen LogP contribution in [-0.2, 0) is 7.05 Å². The lowest BCUT2D eigenvalue weighted by atomic mass is 9.84. The highest BCUT2D eigenvalue weighted by Gasteiger charge is 2.43. The quantitative estimate of drug-likeness (QED) is 0.590. The molecule has 2 N–H and O–H groups in total. The summed E-state index contributed by atoms with van der Waals surface area (Å²) >= 11 is 0. The number of hydrogen-bond donors (Lipinski definition) is 2. The Hall–Kier alpha value is -3.34. The molecule has 2 fully saturated rings. The zero-order valence-electron chi connectivity index (χ0n) is 19.9. The molecule has 34 heavy (non-hydrogen) atoms. The summed E-state index contributed by atoms with van der Waals surface area (Å²) in [6, 6.07) is 6.14. The maximum Gasteiger partial charge on any atom is 0.368 e. The maximum atomic E-state index is 14.6. The highest BCUT2D eigenvalue weighted by molar-refractivity contribution is 5.60. The number of aryl methyl sites for hydroxylation is 2. The van der Waals surface area contributed by atoms with Gasteiger partial charge < -0.3 is 10.6 Å². The molecule has 5 rings (SSSR count). The van der Waals surface area contributed by atoms with Gasteiger partial charge in [-0.3, -0.25) is 4.90 Å². The Bertz CT molecular complexity index is 1270. The van der Waals surface area contributed by atoms with Crippen molar-refractivity contribution in [1.82, 2.24) is 34.7 Å². The molecular formula is C23H30FN9O. The number of piperidine rings is 1. The second kappa shape index (κ2) is 8.46. The SMILES string of the molecule is Cc1ccc(Nc2ncc(F)c(NC3CC4CCCN4C(C)(C)C3)n2)cc1-n1nnn(C)c1=O. The van der Waals surface area contributed by atoms with E-state index in [0.717, 1.165) is 29.6 Å². The van der Waals surface area contributed by atoms with E-state index in [1.165, 1.54) is 23.7 Å². The lowest BCUT2D eigenvalue weighted by Crippen LogP contribution is -2.55. The third-order valence-corrected chi connectivity index (χ3v) is 6.96. The van der Waals surface area contributed by atoms with E-state index in [2.05, 4.69) is 49.8 Å². The van der Waals surface area contributed by atoms with Crippen molar-refractivity contribution in [2.24, 2.45) is 7.05 Å². The standard InChI is InChI=1S/C23H30FN9O/c1-14-7-8-15(11-19(14)33-22(34)31(4)29-30-33)27-21-25-13-18(24)20(28-21)26-16-10-17-6-5-9-32(17)23(2,3)12-16/h7-8,11,13,16-17H,5-6,9-10,12H2,1-4H3,(H2,25,26,27,28). The molecule has 1 aromatic carbocycles. The molecule has 10 nitrogen and oxygen atoms in total. The molecule has 11 heteroatoms. The number of benzene rings is 1. The van der Waals surface area contributed by atoms with Gasteiger partial charge in [-0.25, -0.2) is 14.2 Å². The molecule has 2 aliphatic rings. The molecule has 0 amide bonds. The fourth-order valence-corrected chi connectivity index (χ4v) is 5.35. The topological polar surface area (TPSA) is 106 Å². The van der Waals surface area contributed by atoms with Gasteiger partial charge in [0, 0.05) is 30.4 Å². The zero-order chi connectivity index (χ0) is 24.0. The van der Waals surface area contributed by atoms with E-state index in [1.54, 1.807) is 13.1 Å². The molecule has 180 valence electrons. The number of anilines is 3. The van der Waals surface area contributed by atoms with Crippen molar-refractivity contribution < 1.29 is 4.39 Å². The summed E-state index contributed by atoms with van der Waals surface area (Å²) in [6.07, 6.45) is 5.48. The van der Waals surface area contributed by atoms with E-state index in [-0.39, 0.29) is 29.0 Å². The van der Waals surface area contributed by atoms with Crippen molar-refractivity contribution in [2.45, 2.75) is 64.1 Å². The molecule has 2 unspecified atom stereocenters. The summed E-state index contributed by atoms with van der Waals surface area (Å²) in [5, 5.41) is 14.1. The Morgan fingerprint density at radius 1 is 1.24 bits per heavy atom. The van der Waals surface area contributed by atoms with Crippen LogP contribution in [0.5, 0.6) is 0 Å². The number of nitrogens with one attached hydrogen (secondary N) is 2. The Balaban J connectivity index is 1.36. The smallest absolute Gasteiger partial charge is 0.365 e. The van der Waals surface area contributed by atoms with Gasteiger partial charge in [0.25, 0.3) is 0 Å². The van der Waals surface area contributed by atoms with E-state index in [1.807, 2.05) is 19.1 Å². The van der Waals surface area contributed by atoms with Crippen LogP contribution in [0.3, 0.4) is 0 Å². The number of rotatable bonds is 5. The lowest BCUT2D eigenvalue weighted by molar-refractivity contribution is 0.0500. The van der Waals surface area contributed by atoms with Gasteiger partial charge in [-0.2, -0.15) is 14.3 Å². The van der Waals surface area contributed by atoms with Crippen LogP contribution in [0.2, 0.25) is 0 Å². The van der Waals surface area contributed by atoms with Crippen molar-refractivity contribution in [2.75, 3.05) is 17.2 Å². The molecule has 0 bridgehead atoms. The van der Waals surface area contributed by atoms with Gasteiger partial charge in [0.05, 0.1) is 11.9 Å². The Kier molecular flexibility index (Phi) is 5.59. The highest BCUT2D eigenvalue weighted by atomic mass is 19.1. The number of nitrogens with zero attached hydrogens (tertiary/aromatic N) is 7. The predicted molar refractivity (Wildman–Crippen MR) is 127 cm³/mol. The molecular weight excluding hydrogens is 437 g/mol. The number of fused-ring (bicyclic) bond motifs is 1. The van der Waals surface area contributed by atoms with Crippen LogP contribution in [0, 0.1) is 12.7 Å². The van der Waals surface area contributed by atoms with Gasteiger partial charge in [0.15, 0.2) is 11.6 Å². The Labute approximate surface area is 197 Å². The average Bonchev–Trinajstić information content (AvgIpc) is 3.39. The summed E-state index contributed by atoms with van der Waals surface area (Å²) in [6.45, 7) is 7.55. The zero-order valence-corrected chi connectivity index (χ0v) is 19.9. The first-order valence-corrected chi connectivity index (χ1v) is 11.6. The van der Waals surface area contributed by atoms with Crippen LogP contribution in [-0.4, -0.2) is 58.8 Å². The van der Waals surface area contributed by atoms with Crippen LogP contribution >= 0.6 is 0 Å². The van der Waals surface area contributed by atoms with E-state index < -0.39 is 5.82 Å². The molecule has 2 aliphatic heterocycles. The molecule has 4 heterocycles. The van der Waals surface area contributed by atoms with Crippen molar-refractivity contribution >= 4 is 17.5 Å². The minimum atomic E-state index is -0.479. The van der Waals surface area contributed by atoms with Crippen molar-refractivity contribution in [3.8, 4) is 5.69 Å². The maximum absolute atomic E-state index is 14.6. The first-order chi connectivity index (χ1) is 16.2. The fraction of sp³-hybridized carbons (Fsp3) is 0.522. The fourth-order valence-electron chi connectivity index (χ4n) is 5.35. The summed E-state index contributed by atoms with van der Waals surface area (Å²) in [7, 11) is 1.54. The first kappa shape index (κ1) is 22.5. The van der Waals surface area contributed by atoms with Crippen LogP contribution < -0.4 is 16.3 Å². The minimum absolute atomic E-state index is 0.0678. The normalized spacial score (nSPS) is 21.9. The number of tetrazole rings is 1. The van der Waals surface area contributed by atoms with Crippen molar-refractivity contribution in [3.05, 3.63) is 46.3 Å². The predicted octanol–water partition coefficient (Wildman–Crippen LogP) is 2.76. The van der Waals surface area contributed by atoms with Gasteiger partial charge >= 0.3 is 5.69 Å². The van der Waals surface area contributed by atoms with Gasteiger partial charge in [0.2, 0.25) is 5.95 Å². The van der Waals surface area contributed by atoms with Crippen molar-refractivity contribution in [3.63, 3.8) is 0 Å². The molecule has 2 atom stereocenters. The van der Waals surface area contributed by atoms with Crippen LogP contribution in [0.4, 0.5) is 21.8 Å². The second-order valence-corrected chi connectivity index (χ2v) is 9.90. The number of aromatic nitrogens is 6. The highest BCUT2D eigenvalue weighted by Crippen LogP contribution is 2.38. The summed E-state index contributed by atoms with van der Waals surface area (Å²) in [5.41, 5.74) is 1.82. The molecule has 2 saturated heterocycles. The van der Waals surface area contributed by atoms with E-state index in [4.69, 9.17) is 0 Å². The first-order valence-electron chi connectivity index (χ1n) is 11.6. The molecule has 3 aromatic rings. The second-order valence-electron chi connectivity index (χ2n) is 9.90. The number of halogens is 1. The molecule has 0 aliphatic carbocycles. The van der Waals surface area contributed by atoms with E-state index in [9.17, 15) is 9.18 Å². The van der Waals surface area contributed by atoms with Gasteiger partial charge in [-0.1, -0.05) is 6.07 Å². The lowest BCUT2D eigenvalue weighted by Gasteiger charge is -2.47. The summed E-state index contributed by atoms with van der Waals surface area (Å²) in [5.74, 6) is -0.0158. The Morgan fingerprint density at radius 2 is 2.06 bits per heavy atom. The van der Waals surface area contributed by atoms with Crippen LogP contribution in [0.15, 0.2) is 29.2 Å². The molecule has 0 saturated carbocycles. The molecule has 0 spiro atoms. The van der Waals surface area contributed by atoms with Crippen LogP contribution in [0.1, 0.15) is 45.1 Å². The van der Waals surface area contributed by atoms with Crippen LogP contribution in [0.25, 0.3) is 5.69 Å². The Morgan fingerprint density at radius 3 is 2.82 bits per heavy atom. The molecule has 2 aromatic heterocycles. The number of hydrogen-bond acceptors (Lipinski definition) is 8. The monoisotopic (exact) mass is 467 g/mol. The largest absolute Gasteiger partial charge is 0.368 e. The van der Waals surface area contributed by atoms with Crippen molar-refractivity contribution in [1.29, 1.82) is 0 Å². The third kappa shape index (κ3) is 4.15. The molecule has 0 radical (unpaired) electrons. The minimum Gasteiger partial charge on any atom is -0.365 e. The van der Waals surface area contributed by atoms with E-state index in [0.29, 0.717) is 17.4 Å².